The van der Waals surface area contributed by atoms with Gasteiger partial charge in [0.05, 0.1) is 6.61 Å². The molecule has 1 aliphatic heterocycles. The zero-order chi connectivity index (χ0) is 19.2. The van der Waals surface area contributed by atoms with Gasteiger partial charge in [0.1, 0.15) is 17.6 Å². The molecule has 0 spiro atoms. The molecule has 2 aromatic rings. The molecule has 1 heterocycles. The topological polar surface area (TPSA) is 76.7 Å². The number of hydrazine groups is 1. The van der Waals surface area contributed by atoms with E-state index in [0.29, 0.717) is 17.9 Å². The molecule has 1 unspecified atom stereocenters. The van der Waals surface area contributed by atoms with Crippen LogP contribution in [0.15, 0.2) is 48.5 Å². The predicted octanol–water partition coefficient (Wildman–Crippen LogP) is 2.88. The lowest BCUT2D eigenvalue weighted by molar-refractivity contribution is -0.117. The average Bonchev–Trinajstić information content (AvgIpc) is 3.04. The van der Waals surface area contributed by atoms with Crippen LogP contribution < -0.4 is 20.3 Å². The highest BCUT2D eigenvalue weighted by atomic mass is 16.5. The van der Waals surface area contributed by atoms with Crippen LogP contribution >= 0.6 is 0 Å². The maximum Gasteiger partial charge on any atom is 0.269 e. The van der Waals surface area contributed by atoms with Crippen molar-refractivity contribution in [2.45, 2.75) is 26.4 Å². The quantitative estimate of drug-likeness (QED) is 0.630. The molecule has 1 atom stereocenters. The standard InChI is InChI=1S/C21H22N2O4/c1-3-26-18-13-17-11-14(2)27-19(17)12-16(18)9-10-20(24)22-23-21(25)15-7-5-4-6-8-15/h4-10,12-14H,3,11H2,1-2H3,(H,22,24)(H,23,25)/b10-9+. The van der Waals surface area contributed by atoms with Crippen molar-refractivity contribution >= 4 is 17.9 Å². The molecular formula is C21H22N2O4. The second kappa shape index (κ2) is 8.40. The second-order valence-electron chi connectivity index (χ2n) is 6.21. The van der Waals surface area contributed by atoms with Crippen molar-refractivity contribution in [3.05, 3.63) is 65.2 Å². The summed E-state index contributed by atoms with van der Waals surface area (Å²) in [6, 6.07) is 12.5. The zero-order valence-electron chi connectivity index (χ0n) is 15.3. The number of amides is 2. The van der Waals surface area contributed by atoms with Gasteiger partial charge in [0.25, 0.3) is 11.8 Å². The summed E-state index contributed by atoms with van der Waals surface area (Å²) < 4.78 is 11.4. The summed E-state index contributed by atoms with van der Waals surface area (Å²) in [5.41, 5.74) is 7.05. The fourth-order valence-electron chi connectivity index (χ4n) is 2.85. The molecule has 6 heteroatoms. The van der Waals surface area contributed by atoms with Gasteiger partial charge < -0.3 is 9.47 Å². The summed E-state index contributed by atoms with van der Waals surface area (Å²) in [4.78, 5) is 24.0. The van der Waals surface area contributed by atoms with Gasteiger partial charge in [-0.1, -0.05) is 18.2 Å². The molecule has 0 saturated heterocycles. The van der Waals surface area contributed by atoms with Crippen molar-refractivity contribution in [3.63, 3.8) is 0 Å². The van der Waals surface area contributed by atoms with E-state index in [1.165, 1.54) is 6.08 Å². The van der Waals surface area contributed by atoms with E-state index in [9.17, 15) is 9.59 Å². The normalized spacial score (nSPS) is 15.1. The van der Waals surface area contributed by atoms with Crippen LogP contribution in [0.1, 0.15) is 35.3 Å². The number of nitrogens with one attached hydrogen (secondary N) is 2. The van der Waals surface area contributed by atoms with E-state index < -0.39 is 5.91 Å². The molecule has 0 fully saturated rings. The minimum atomic E-state index is -0.448. The van der Waals surface area contributed by atoms with E-state index in [0.717, 1.165) is 23.3 Å². The molecule has 0 saturated carbocycles. The van der Waals surface area contributed by atoms with Crippen LogP contribution in [-0.2, 0) is 11.2 Å². The van der Waals surface area contributed by atoms with E-state index in [1.807, 2.05) is 32.0 Å². The summed E-state index contributed by atoms with van der Waals surface area (Å²) >= 11 is 0. The van der Waals surface area contributed by atoms with E-state index in [2.05, 4.69) is 10.9 Å². The Morgan fingerprint density at radius 1 is 1.22 bits per heavy atom. The van der Waals surface area contributed by atoms with Gasteiger partial charge in [-0.25, -0.2) is 0 Å². The van der Waals surface area contributed by atoms with Gasteiger partial charge >= 0.3 is 0 Å². The predicted molar refractivity (Wildman–Crippen MR) is 102 cm³/mol. The van der Waals surface area contributed by atoms with Crippen molar-refractivity contribution < 1.29 is 19.1 Å². The lowest BCUT2D eigenvalue weighted by Gasteiger charge is -2.10. The van der Waals surface area contributed by atoms with Gasteiger partial charge in [-0.15, -0.1) is 0 Å². The Bertz CT molecular complexity index is 862. The number of rotatable bonds is 5. The van der Waals surface area contributed by atoms with Gasteiger partial charge in [0.15, 0.2) is 0 Å². The van der Waals surface area contributed by atoms with Crippen LogP contribution in [0.4, 0.5) is 0 Å². The average molecular weight is 366 g/mol. The molecule has 2 aromatic carbocycles. The first-order valence-corrected chi connectivity index (χ1v) is 8.86. The Kier molecular flexibility index (Phi) is 5.76. The fraction of sp³-hybridized carbons (Fsp3) is 0.238. The van der Waals surface area contributed by atoms with Crippen molar-refractivity contribution in [2.24, 2.45) is 0 Å². The van der Waals surface area contributed by atoms with Crippen LogP contribution in [0, 0.1) is 0 Å². The smallest absolute Gasteiger partial charge is 0.269 e. The fourth-order valence-corrected chi connectivity index (χ4v) is 2.85. The Morgan fingerprint density at radius 2 is 2.00 bits per heavy atom. The molecule has 2 amide bonds. The van der Waals surface area contributed by atoms with Gasteiger partial charge in [-0.3, -0.25) is 20.4 Å². The summed E-state index contributed by atoms with van der Waals surface area (Å²) in [5.74, 6) is 0.679. The highest BCUT2D eigenvalue weighted by molar-refractivity contribution is 5.98. The summed E-state index contributed by atoms with van der Waals surface area (Å²) in [7, 11) is 0. The third-order valence-electron chi connectivity index (χ3n) is 4.08. The molecule has 0 radical (unpaired) electrons. The molecule has 3 rings (SSSR count). The first-order valence-electron chi connectivity index (χ1n) is 8.86. The van der Waals surface area contributed by atoms with Crippen molar-refractivity contribution in [2.75, 3.05) is 6.61 Å². The number of carbonyl (C=O) groups is 2. The number of fused-ring (bicyclic) bond motifs is 1. The van der Waals surface area contributed by atoms with E-state index >= 15 is 0 Å². The number of ether oxygens (including phenoxy) is 2. The van der Waals surface area contributed by atoms with Crippen molar-refractivity contribution in [1.29, 1.82) is 0 Å². The SMILES string of the molecule is CCOc1cc2c(cc1/C=C/C(=O)NNC(=O)c1ccccc1)OC(C)C2. The number of hydrogen-bond donors (Lipinski definition) is 2. The molecule has 0 aromatic heterocycles. The number of benzene rings is 2. The van der Waals surface area contributed by atoms with Gasteiger partial charge in [0, 0.05) is 29.2 Å². The first-order chi connectivity index (χ1) is 13.1. The van der Waals surface area contributed by atoms with Crippen molar-refractivity contribution in [3.8, 4) is 11.5 Å². The monoisotopic (exact) mass is 366 g/mol. The van der Waals surface area contributed by atoms with E-state index in [1.54, 1.807) is 30.3 Å². The highest BCUT2D eigenvalue weighted by Crippen LogP contribution is 2.35. The Hall–Kier alpha value is -3.28. The molecular weight excluding hydrogens is 344 g/mol. The second-order valence-corrected chi connectivity index (χ2v) is 6.21. The maximum absolute atomic E-state index is 12.0. The van der Waals surface area contributed by atoms with Crippen LogP contribution in [0.5, 0.6) is 11.5 Å². The van der Waals surface area contributed by atoms with Crippen LogP contribution in [-0.4, -0.2) is 24.5 Å². The Morgan fingerprint density at radius 3 is 2.74 bits per heavy atom. The largest absolute Gasteiger partial charge is 0.493 e. The summed E-state index contributed by atoms with van der Waals surface area (Å²) in [6.07, 6.45) is 3.95. The first kappa shape index (κ1) is 18.5. The summed E-state index contributed by atoms with van der Waals surface area (Å²) in [6.45, 7) is 4.44. The third-order valence-corrected chi connectivity index (χ3v) is 4.08. The minimum Gasteiger partial charge on any atom is -0.493 e. The minimum absolute atomic E-state index is 0.130. The Balaban J connectivity index is 1.65. The molecule has 6 nitrogen and oxygen atoms in total. The highest BCUT2D eigenvalue weighted by Gasteiger charge is 2.21. The van der Waals surface area contributed by atoms with Crippen LogP contribution in [0.2, 0.25) is 0 Å². The van der Waals surface area contributed by atoms with Crippen LogP contribution in [0.3, 0.4) is 0 Å². The third kappa shape index (κ3) is 4.67. The lowest BCUT2D eigenvalue weighted by Crippen LogP contribution is -2.40. The number of carbonyl (C=O) groups excluding carboxylic acids is 2. The Labute approximate surface area is 158 Å². The molecule has 2 N–H and O–H groups in total. The molecule has 27 heavy (non-hydrogen) atoms. The van der Waals surface area contributed by atoms with E-state index in [4.69, 9.17) is 9.47 Å². The number of hydrogen-bond acceptors (Lipinski definition) is 4. The molecule has 0 aliphatic carbocycles. The lowest BCUT2D eigenvalue weighted by atomic mass is 10.1. The molecule has 140 valence electrons. The molecule has 1 aliphatic rings. The van der Waals surface area contributed by atoms with Crippen molar-refractivity contribution in [1.82, 2.24) is 10.9 Å². The molecule has 0 bridgehead atoms. The van der Waals surface area contributed by atoms with Gasteiger partial charge in [-0.05, 0) is 44.2 Å². The zero-order valence-corrected chi connectivity index (χ0v) is 15.3. The maximum atomic E-state index is 12.0. The van der Waals surface area contributed by atoms with E-state index in [-0.39, 0.29) is 12.0 Å². The van der Waals surface area contributed by atoms with Gasteiger partial charge in [-0.2, -0.15) is 0 Å². The van der Waals surface area contributed by atoms with Gasteiger partial charge in [0.2, 0.25) is 0 Å². The van der Waals surface area contributed by atoms with Crippen LogP contribution in [0.25, 0.3) is 6.08 Å². The summed E-state index contributed by atoms with van der Waals surface area (Å²) in [5, 5.41) is 0.